The molecule has 0 atom stereocenters. The van der Waals surface area contributed by atoms with Crippen LogP contribution in [0.2, 0.25) is 0 Å². The molecule has 15 heavy (non-hydrogen) atoms. The average Bonchev–Trinajstić information content (AvgIpc) is 2.26. The fourth-order valence-corrected chi connectivity index (χ4v) is 20.8. The van der Waals surface area contributed by atoms with Crippen LogP contribution < -0.4 is 0 Å². The second-order valence-corrected chi connectivity index (χ2v) is 24.4. The summed E-state index contributed by atoms with van der Waals surface area (Å²) in [6.45, 7) is 4.58. The van der Waals surface area contributed by atoms with Crippen molar-refractivity contribution in [1.29, 1.82) is 0 Å². The summed E-state index contributed by atoms with van der Waals surface area (Å²) in [5, 5.41) is 0. The van der Waals surface area contributed by atoms with Crippen LogP contribution in [-0.2, 0) is 21.5 Å². The standard InChI is InChI=1S/2C6H14S.Hg/c2*1-2-3-4-5-6-7;/h2*7H,2-6H2,1H3;/q;;+2/p-2. The maximum absolute atomic E-state index is 2.35. The molecule has 0 aliphatic carbocycles. The van der Waals surface area contributed by atoms with Crippen LogP contribution in [0.4, 0.5) is 0 Å². The second-order valence-electron chi connectivity index (χ2n) is 4.06. The van der Waals surface area contributed by atoms with Crippen molar-refractivity contribution in [1.82, 2.24) is 0 Å². The van der Waals surface area contributed by atoms with Crippen LogP contribution in [0.3, 0.4) is 0 Å². The van der Waals surface area contributed by atoms with E-state index in [0.717, 1.165) is 0 Å². The third-order valence-corrected chi connectivity index (χ3v) is 23.3. The zero-order chi connectivity index (χ0) is 11.2. The van der Waals surface area contributed by atoms with Gasteiger partial charge < -0.3 is 0 Å². The van der Waals surface area contributed by atoms with E-state index in [9.17, 15) is 0 Å². The predicted octanol–water partition coefficient (Wildman–Crippen LogP) is 5.53. The molecular weight excluding hydrogens is 409 g/mol. The number of hydrogen-bond acceptors (Lipinski definition) is 2. The molecule has 0 aromatic carbocycles. The normalized spacial score (nSPS) is 10.3. The van der Waals surface area contributed by atoms with Gasteiger partial charge >= 0.3 is 115 Å². The van der Waals surface area contributed by atoms with Gasteiger partial charge in [0, 0.05) is 0 Å². The Morgan fingerprint density at radius 2 is 1.13 bits per heavy atom. The molecule has 0 radical (unpaired) electrons. The molecule has 0 nitrogen and oxygen atoms in total. The first-order valence-electron chi connectivity index (χ1n) is 6.57. The van der Waals surface area contributed by atoms with Gasteiger partial charge in [-0.25, -0.2) is 0 Å². The molecule has 0 bridgehead atoms. The van der Waals surface area contributed by atoms with Gasteiger partial charge in [0.25, 0.3) is 0 Å². The van der Waals surface area contributed by atoms with Gasteiger partial charge in [0.05, 0.1) is 0 Å². The number of unbranched alkanes of at least 4 members (excludes halogenated alkanes) is 6. The summed E-state index contributed by atoms with van der Waals surface area (Å²) in [5.74, 6) is 2.95. The van der Waals surface area contributed by atoms with E-state index in [2.05, 4.69) is 30.3 Å². The van der Waals surface area contributed by atoms with Crippen LogP contribution in [0, 0.1) is 0 Å². The molecule has 0 saturated heterocycles. The fourth-order valence-electron chi connectivity index (χ4n) is 1.44. The Hall–Kier alpha value is 1.64. The van der Waals surface area contributed by atoms with Gasteiger partial charge in [-0.2, -0.15) is 0 Å². The summed E-state index contributed by atoms with van der Waals surface area (Å²) in [5.41, 5.74) is 0. The van der Waals surface area contributed by atoms with Crippen molar-refractivity contribution in [3.8, 4) is 0 Å². The third kappa shape index (κ3) is 15.6. The van der Waals surface area contributed by atoms with Crippen molar-refractivity contribution in [3.05, 3.63) is 0 Å². The molecule has 88 valence electrons. The number of rotatable bonds is 12. The van der Waals surface area contributed by atoms with E-state index in [1.165, 1.54) is 62.9 Å². The van der Waals surface area contributed by atoms with Crippen LogP contribution >= 0.6 is 16.5 Å². The second kappa shape index (κ2) is 15.6. The summed E-state index contributed by atoms with van der Waals surface area (Å²) < 4.78 is 0. The van der Waals surface area contributed by atoms with Gasteiger partial charge in [-0.05, 0) is 0 Å². The van der Waals surface area contributed by atoms with Crippen LogP contribution in [0.25, 0.3) is 0 Å². The Morgan fingerprint density at radius 1 is 0.667 bits per heavy atom. The van der Waals surface area contributed by atoms with E-state index in [-0.39, 0.29) is 0 Å². The minimum absolute atomic E-state index is 0.509. The van der Waals surface area contributed by atoms with E-state index in [1.807, 2.05) is 0 Å². The van der Waals surface area contributed by atoms with Crippen LogP contribution in [0.1, 0.15) is 65.2 Å². The Kier molecular flexibility index (Phi) is 17.3. The molecule has 0 spiro atoms. The molecule has 0 heterocycles. The van der Waals surface area contributed by atoms with Crippen LogP contribution in [-0.4, -0.2) is 11.5 Å². The molecule has 0 aliphatic heterocycles. The molecule has 0 aromatic rings. The Labute approximate surface area is 114 Å². The fraction of sp³-hybridized carbons (Fsp3) is 1.00. The van der Waals surface area contributed by atoms with Gasteiger partial charge in [-0.15, -0.1) is 0 Å². The summed E-state index contributed by atoms with van der Waals surface area (Å²) >= 11 is -0.509. The molecule has 0 amide bonds. The molecule has 0 saturated carbocycles. The van der Waals surface area contributed by atoms with Gasteiger partial charge in [0.2, 0.25) is 0 Å². The van der Waals surface area contributed by atoms with E-state index >= 15 is 0 Å². The van der Waals surface area contributed by atoms with Crippen molar-refractivity contribution in [2.75, 3.05) is 11.5 Å². The van der Waals surface area contributed by atoms with E-state index in [0.29, 0.717) is 0 Å². The monoisotopic (exact) mass is 436 g/mol. The Morgan fingerprint density at radius 3 is 1.53 bits per heavy atom. The topological polar surface area (TPSA) is 0 Å². The molecule has 0 rings (SSSR count). The van der Waals surface area contributed by atoms with Crippen LogP contribution in [0.15, 0.2) is 0 Å². The first kappa shape index (κ1) is 16.6. The summed E-state index contributed by atoms with van der Waals surface area (Å²) in [6, 6.07) is 0. The maximum atomic E-state index is 2.35. The summed E-state index contributed by atoms with van der Waals surface area (Å²) in [4.78, 5) is 0. The Bertz CT molecular complexity index is 97.8. The van der Waals surface area contributed by atoms with E-state index in [1.54, 1.807) is 0 Å². The molecule has 0 N–H and O–H groups in total. The number of hydrogen-bond donors (Lipinski definition) is 0. The first-order valence-corrected chi connectivity index (χ1v) is 22.3. The van der Waals surface area contributed by atoms with Gasteiger partial charge in [-0.1, -0.05) is 0 Å². The van der Waals surface area contributed by atoms with Crippen molar-refractivity contribution in [2.45, 2.75) is 65.2 Å². The van der Waals surface area contributed by atoms with E-state index in [4.69, 9.17) is 0 Å². The zero-order valence-corrected chi connectivity index (χ0v) is 17.7. The van der Waals surface area contributed by atoms with Crippen molar-refractivity contribution in [3.63, 3.8) is 0 Å². The van der Waals surface area contributed by atoms with Crippen LogP contribution in [0.5, 0.6) is 0 Å². The summed E-state index contributed by atoms with van der Waals surface area (Å²) in [7, 11) is 4.71. The third-order valence-electron chi connectivity index (χ3n) is 2.45. The molecule has 0 aliphatic rings. The first-order chi connectivity index (χ1) is 7.41. The molecule has 0 unspecified atom stereocenters. The van der Waals surface area contributed by atoms with E-state index < -0.39 is 21.5 Å². The van der Waals surface area contributed by atoms with Gasteiger partial charge in [-0.3, -0.25) is 0 Å². The minimum atomic E-state index is -0.509. The predicted molar refractivity (Wildman–Crippen MR) is 73.2 cm³/mol. The SMILES string of the molecule is CCCCCC[S][Hg][S]CCCCCC. The molecule has 3 heteroatoms. The molecule has 0 fully saturated rings. The Balaban J connectivity index is 2.81. The average molecular weight is 435 g/mol. The molecular formula is C12H26HgS2. The zero-order valence-electron chi connectivity index (χ0n) is 10.6. The van der Waals surface area contributed by atoms with Gasteiger partial charge in [0.15, 0.2) is 0 Å². The quantitative estimate of drug-likeness (QED) is 0.292. The van der Waals surface area contributed by atoms with Crippen molar-refractivity contribution >= 4 is 16.5 Å². The summed E-state index contributed by atoms with van der Waals surface area (Å²) in [6.07, 6.45) is 11.5. The van der Waals surface area contributed by atoms with Crippen molar-refractivity contribution < 1.29 is 21.5 Å². The van der Waals surface area contributed by atoms with Gasteiger partial charge in [0.1, 0.15) is 0 Å². The molecule has 0 aromatic heterocycles. The van der Waals surface area contributed by atoms with Crippen molar-refractivity contribution in [2.24, 2.45) is 0 Å².